The molecule has 0 saturated carbocycles. The van der Waals surface area contributed by atoms with Crippen LogP contribution in [0.3, 0.4) is 0 Å². The Morgan fingerprint density at radius 2 is 1.93 bits per heavy atom. The van der Waals surface area contributed by atoms with Gasteiger partial charge >= 0.3 is 0 Å². The van der Waals surface area contributed by atoms with Crippen LogP contribution in [0.2, 0.25) is 0 Å². The molecule has 0 fully saturated rings. The summed E-state index contributed by atoms with van der Waals surface area (Å²) in [4.78, 5) is 14.9. The number of allylic oxidation sites excluding steroid dienone is 2. The summed E-state index contributed by atoms with van der Waals surface area (Å²) in [7, 11) is 0. The van der Waals surface area contributed by atoms with Crippen LogP contribution >= 0.6 is 23.1 Å². The van der Waals surface area contributed by atoms with Crippen LogP contribution < -0.4 is 5.32 Å². The third-order valence-corrected chi connectivity index (χ3v) is 6.88. The van der Waals surface area contributed by atoms with Gasteiger partial charge in [0.25, 0.3) is 0 Å². The summed E-state index contributed by atoms with van der Waals surface area (Å²) >= 11 is 3.32. The van der Waals surface area contributed by atoms with Crippen LogP contribution in [0.15, 0.2) is 70.4 Å². The van der Waals surface area contributed by atoms with Crippen LogP contribution in [0, 0.1) is 5.82 Å². The summed E-state index contributed by atoms with van der Waals surface area (Å²) in [5.41, 5.74) is 5.83. The van der Waals surface area contributed by atoms with E-state index in [1.165, 1.54) is 11.0 Å². The number of hydrogen-bond donors (Lipinski definition) is 1. The Morgan fingerprint density at radius 3 is 2.63 bits per heavy atom. The monoisotopic (exact) mass is 435 g/mol. The molecule has 2 nitrogen and oxygen atoms in total. The van der Waals surface area contributed by atoms with Gasteiger partial charge in [-0.2, -0.15) is 0 Å². The standard InChI is InChI=1S/C25H22FNOS2/c1-16-22(12-17-5-8-19(29-2)9-6-17)21-10-7-18(26)13-24(21)23(16)14-25(28)27-15-20-4-3-11-30-20/h3-13H,14-15H2,1-2H3,(H,27,28)/b22-12-. The van der Waals surface area contributed by atoms with Crippen molar-refractivity contribution in [3.63, 3.8) is 0 Å². The van der Waals surface area contributed by atoms with E-state index < -0.39 is 0 Å². The van der Waals surface area contributed by atoms with Gasteiger partial charge in [-0.05, 0) is 88.4 Å². The molecule has 1 N–H and O–H groups in total. The quantitative estimate of drug-likeness (QED) is 0.440. The number of benzene rings is 2. The van der Waals surface area contributed by atoms with Crippen LogP contribution in [-0.2, 0) is 11.3 Å². The van der Waals surface area contributed by atoms with Crippen LogP contribution in [0.5, 0.6) is 0 Å². The maximum atomic E-state index is 14.0. The number of thioether (sulfide) groups is 1. The highest BCUT2D eigenvalue weighted by Crippen LogP contribution is 2.43. The molecule has 152 valence electrons. The average molecular weight is 436 g/mol. The number of fused-ring (bicyclic) bond motifs is 1. The molecule has 5 heteroatoms. The lowest BCUT2D eigenvalue weighted by Crippen LogP contribution is -2.22. The second-order valence-corrected chi connectivity index (χ2v) is 9.07. The molecule has 1 aromatic heterocycles. The van der Waals surface area contributed by atoms with Gasteiger partial charge in [-0.15, -0.1) is 23.1 Å². The normalized spacial score (nSPS) is 14.3. The summed E-state index contributed by atoms with van der Waals surface area (Å²) in [6.45, 7) is 2.53. The van der Waals surface area contributed by atoms with E-state index in [2.05, 4.69) is 41.9 Å². The topological polar surface area (TPSA) is 29.1 Å². The molecule has 0 saturated heterocycles. The van der Waals surface area contributed by atoms with Crippen molar-refractivity contribution < 1.29 is 9.18 Å². The van der Waals surface area contributed by atoms with Gasteiger partial charge in [0.05, 0.1) is 13.0 Å². The van der Waals surface area contributed by atoms with E-state index in [4.69, 9.17) is 0 Å². The second kappa shape index (κ2) is 9.02. The Morgan fingerprint density at radius 1 is 1.13 bits per heavy atom. The van der Waals surface area contributed by atoms with Crippen LogP contribution in [0.1, 0.15) is 34.9 Å². The zero-order valence-electron chi connectivity index (χ0n) is 16.9. The first-order valence-electron chi connectivity index (χ1n) is 9.70. The smallest absolute Gasteiger partial charge is 0.224 e. The van der Waals surface area contributed by atoms with Crippen LogP contribution in [-0.4, -0.2) is 12.2 Å². The number of thiophene rings is 1. The Bertz CT molecular complexity index is 1130. The van der Waals surface area contributed by atoms with Crippen molar-refractivity contribution in [2.75, 3.05) is 6.26 Å². The summed E-state index contributed by atoms with van der Waals surface area (Å²) in [5.74, 6) is -0.345. The fourth-order valence-corrected chi connectivity index (χ4v) is 4.72. The SMILES string of the molecule is CSc1ccc(/C=C2/C(C)=C(CC(=O)NCc3cccs3)c3cc(F)ccc32)cc1. The Labute approximate surface area is 184 Å². The molecule has 2 aromatic carbocycles. The van der Waals surface area contributed by atoms with Crippen molar-refractivity contribution in [3.05, 3.63) is 92.9 Å². The van der Waals surface area contributed by atoms with Crippen molar-refractivity contribution >= 4 is 46.2 Å². The van der Waals surface area contributed by atoms with E-state index in [1.807, 2.05) is 30.5 Å². The largest absolute Gasteiger partial charge is 0.351 e. The predicted molar refractivity (Wildman–Crippen MR) is 126 cm³/mol. The molecular weight excluding hydrogens is 413 g/mol. The fourth-order valence-electron chi connectivity index (χ4n) is 3.67. The number of amides is 1. The Balaban J connectivity index is 1.63. The first kappa shape index (κ1) is 20.6. The first-order valence-corrected chi connectivity index (χ1v) is 11.8. The molecule has 0 aliphatic heterocycles. The number of rotatable bonds is 6. The molecule has 0 atom stereocenters. The van der Waals surface area contributed by atoms with Gasteiger partial charge < -0.3 is 5.32 Å². The van der Waals surface area contributed by atoms with E-state index >= 15 is 0 Å². The van der Waals surface area contributed by atoms with Crippen molar-refractivity contribution in [1.29, 1.82) is 0 Å². The molecule has 0 radical (unpaired) electrons. The van der Waals surface area contributed by atoms with Gasteiger partial charge in [0.15, 0.2) is 0 Å². The molecule has 3 aromatic rings. The molecule has 30 heavy (non-hydrogen) atoms. The number of halogens is 1. The van der Waals surface area contributed by atoms with Crippen molar-refractivity contribution in [2.24, 2.45) is 0 Å². The number of nitrogens with one attached hydrogen (secondary N) is 1. The molecule has 1 heterocycles. The van der Waals surface area contributed by atoms with Gasteiger partial charge in [-0.3, -0.25) is 4.79 Å². The lowest BCUT2D eigenvalue weighted by molar-refractivity contribution is -0.120. The van der Waals surface area contributed by atoms with E-state index in [0.29, 0.717) is 6.54 Å². The highest BCUT2D eigenvalue weighted by Gasteiger charge is 2.25. The van der Waals surface area contributed by atoms with Crippen LogP contribution in [0.25, 0.3) is 17.2 Å². The molecule has 0 unspecified atom stereocenters. The van der Waals surface area contributed by atoms with Gasteiger partial charge in [-0.1, -0.05) is 24.3 Å². The van der Waals surface area contributed by atoms with E-state index in [9.17, 15) is 9.18 Å². The minimum Gasteiger partial charge on any atom is -0.351 e. The van der Waals surface area contributed by atoms with Gasteiger partial charge in [0, 0.05) is 9.77 Å². The summed E-state index contributed by atoms with van der Waals surface area (Å²) in [6, 6.07) is 17.2. The molecule has 0 bridgehead atoms. The number of carbonyl (C=O) groups is 1. The van der Waals surface area contributed by atoms with Gasteiger partial charge in [0.1, 0.15) is 5.82 Å². The fraction of sp³-hybridized carbons (Fsp3) is 0.160. The van der Waals surface area contributed by atoms with E-state index in [1.54, 1.807) is 29.2 Å². The first-order chi connectivity index (χ1) is 14.5. The van der Waals surface area contributed by atoms with Gasteiger partial charge in [-0.25, -0.2) is 4.39 Å². The zero-order valence-corrected chi connectivity index (χ0v) is 18.5. The molecule has 1 aliphatic rings. The number of hydrogen-bond acceptors (Lipinski definition) is 3. The summed E-state index contributed by atoms with van der Waals surface area (Å²) in [5, 5.41) is 4.97. The Kier molecular flexibility index (Phi) is 6.21. The minimum atomic E-state index is -0.288. The second-order valence-electron chi connectivity index (χ2n) is 7.16. The van der Waals surface area contributed by atoms with E-state index in [-0.39, 0.29) is 18.1 Å². The maximum absolute atomic E-state index is 14.0. The molecule has 1 amide bonds. The third kappa shape index (κ3) is 4.42. The highest BCUT2D eigenvalue weighted by atomic mass is 32.2. The third-order valence-electron chi connectivity index (χ3n) is 5.26. The lowest BCUT2D eigenvalue weighted by Gasteiger charge is -2.07. The van der Waals surface area contributed by atoms with Crippen molar-refractivity contribution in [1.82, 2.24) is 5.32 Å². The predicted octanol–water partition coefficient (Wildman–Crippen LogP) is 6.64. The minimum absolute atomic E-state index is 0.0569. The highest BCUT2D eigenvalue weighted by molar-refractivity contribution is 7.98. The molecule has 4 rings (SSSR count). The van der Waals surface area contributed by atoms with Crippen molar-refractivity contribution in [2.45, 2.75) is 24.8 Å². The molecular formula is C25H22FNOS2. The zero-order chi connectivity index (χ0) is 21.1. The van der Waals surface area contributed by atoms with Crippen LogP contribution in [0.4, 0.5) is 4.39 Å². The Hall–Kier alpha value is -2.63. The lowest BCUT2D eigenvalue weighted by atomic mass is 10.0. The number of carbonyl (C=O) groups excluding carboxylic acids is 1. The maximum Gasteiger partial charge on any atom is 0.224 e. The molecule has 1 aliphatic carbocycles. The molecule has 0 spiro atoms. The summed E-state index contributed by atoms with van der Waals surface area (Å²) in [6.07, 6.45) is 4.40. The average Bonchev–Trinajstić information content (AvgIpc) is 3.36. The van der Waals surface area contributed by atoms with Crippen molar-refractivity contribution in [3.8, 4) is 0 Å². The van der Waals surface area contributed by atoms with Gasteiger partial charge in [0.2, 0.25) is 5.91 Å². The van der Waals surface area contributed by atoms with E-state index in [0.717, 1.165) is 38.3 Å². The summed E-state index contributed by atoms with van der Waals surface area (Å²) < 4.78 is 14.0.